The minimum absolute atomic E-state index is 0.0311. The lowest BCUT2D eigenvalue weighted by atomic mass is 9.88. The minimum atomic E-state index is -5.64. The van der Waals surface area contributed by atoms with E-state index in [1.54, 1.807) is 6.07 Å². The van der Waals surface area contributed by atoms with Gasteiger partial charge >= 0.3 is 6.18 Å². The fourth-order valence-electron chi connectivity index (χ4n) is 3.90. The van der Waals surface area contributed by atoms with E-state index in [1.165, 1.54) is 30.5 Å². The van der Waals surface area contributed by atoms with Crippen molar-refractivity contribution in [1.82, 2.24) is 15.0 Å². The number of sulfone groups is 1. The summed E-state index contributed by atoms with van der Waals surface area (Å²) in [6.07, 6.45) is -2.12. The number of anilines is 1. The third-order valence-corrected chi connectivity index (χ3v) is 7.32. The lowest BCUT2D eigenvalue weighted by Crippen LogP contribution is -2.57. The molecular formula is C23H19F5N4O4S. The van der Waals surface area contributed by atoms with Gasteiger partial charge in [-0.1, -0.05) is 12.1 Å². The van der Waals surface area contributed by atoms with Crippen LogP contribution in [0.2, 0.25) is 0 Å². The van der Waals surface area contributed by atoms with E-state index < -0.39 is 61.5 Å². The minimum Gasteiger partial charge on any atom is -0.491 e. The average molecular weight is 542 g/mol. The summed E-state index contributed by atoms with van der Waals surface area (Å²) in [7, 11) is -3.99. The van der Waals surface area contributed by atoms with Crippen LogP contribution in [-0.2, 0) is 9.84 Å². The maximum Gasteiger partial charge on any atom is 0.420 e. The van der Waals surface area contributed by atoms with Crippen molar-refractivity contribution in [2.45, 2.75) is 23.0 Å². The van der Waals surface area contributed by atoms with E-state index in [9.17, 15) is 31.1 Å². The molecule has 0 aliphatic rings. The highest BCUT2D eigenvalue weighted by Gasteiger charge is 2.62. The normalized spacial score (nSPS) is 14.8. The monoisotopic (exact) mass is 542 g/mol. The molecule has 2 aromatic heterocycles. The van der Waals surface area contributed by atoms with E-state index in [0.717, 1.165) is 19.5 Å². The van der Waals surface area contributed by atoms with Crippen molar-refractivity contribution in [3.8, 4) is 5.75 Å². The van der Waals surface area contributed by atoms with Crippen LogP contribution in [0.3, 0.4) is 0 Å². The van der Waals surface area contributed by atoms with Crippen LogP contribution in [0.25, 0.3) is 10.9 Å². The second kappa shape index (κ2) is 9.59. The summed E-state index contributed by atoms with van der Waals surface area (Å²) in [5.74, 6) is -5.73. The smallest absolute Gasteiger partial charge is 0.420 e. The van der Waals surface area contributed by atoms with Crippen LogP contribution in [-0.4, -0.2) is 53.1 Å². The van der Waals surface area contributed by atoms with Crippen molar-refractivity contribution < 1.29 is 40.2 Å². The quantitative estimate of drug-likeness (QED) is 0.286. The third-order valence-electron chi connectivity index (χ3n) is 5.69. The zero-order chi connectivity index (χ0) is 27.0. The molecule has 0 aliphatic carbocycles. The van der Waals surface area contributed by atoms with Crippen molar-refractivity contribution in [3.05, 3.63) is 78.3 Å². The Balaban J connectivity index is 1.96. The number of nitrogens with zero attached hydrogens (tertiary/aromatic N) is 2. The van der Waals surface area contributed by atoms with E-state index in [0.29, 0.717) is 23.0 Å². The van der Waals surface area contributed by atoms with Gasteiger partial charge in [-0.3, -0.25) is 4.98 Å². The number of ether oxygens (including phenoxy) is 1. The van der Waals surface area contributed by atoms with Crippen LogP contribution in [0.15, 0.2) is 66.2 Å². The molecule has 4 rings (SSSR count). The van der Waals surface area contributed by atoms with Gasteiger partial charge < -0.3 is 20.1 Å². The first-order chi connectivity index (χ1) is 17.4. The number of pyridine rings is 1. The number of H-pyrrole nitrogens is 1. The Bertz CT molecular complexity index is 1520. The molecule has 0 aliphatic heterocycles. The molecule has 0 amide bonds. The Hall–Kier alpha value is -3.78. The molecular weight excluding hydrogens is 523 g/mol. The van der Waals surface area contributed by atoms with Gasteiger partial charge in [0.2, 0.25) is 15.0 Å². The van der Waals surface area contributed by atoms with Gasteiger partial charge in [-0.25, -0.2) is 22.2 Å². The summed E-state index contributed by atoms with van der Waals surface area (Å²) < 4.78 is 104. The number of hydrogen-bond donors (Lipinski definition) is 3. The van der Waals surface area contributed by atoms with Crippen molar-refractivity contribution >= 4 is 26.4 Å². The van der Waals surface area contributed by atoms with Crippen molar-refractivity contribution in [3.63, 3.8) is 0 Å². The fourth-order valence-corrected chi connectivity index (χ4v) is 5.42. The maximum atomic E-state index is 15.4. The van der Waals surface area contributed by atoms with Gasteiger partial charge in [0, 0.05) is 35.2 Å². The molecule has 0 fully saturated rings. The van der Waals surface area contributed by atoms with E-state index in [2.05, 4.69) is 25.0 Å². The second-order valence-electron chi connectivity index (χ2n) is 8.01. The summed E-state index contributed by atoms with van der Waals surface area (Å²) in [5, 5.41) is 13.1. The SMILES string of the molecule is COc1c(F)ccc(C(Nc2cccc3ncccc23)C(O)(CS(=O)(=O)c2ncc[nH]2)C(F)(F)F)c1F. The molecule has 196 valence electrons. The fraction of sp³-hybridized carbons (Fsp3) is 0.217. The number of methoxy groups -OCH3 is 1. The van der Waals surface area contributed by atoms with Crippen LogP contribution in [0.4, 0.5) is 27.6 Å². The highest BCUT2D eigenvalue weighted by molar-refractivity contribution is 7.91. The Labute approximate surface area is 207 Å². The number of halogens is 5. The number of imidazole rings is 1. The van der Waals surface area contributed by atoms with Gasteiger partial charge in [0.1, 0.15) is 0 Å². The van der Waals surface area contributed by atoms with Gasteiger partial charge in [0.25, 0.3) is 0 Å². The predicted octanol–water partition coefficient (Wildman–Crippen LogP) is 4.17. The molecule has 0 saturated heterocycles. The Morgan fingerprint density at radius 3 is 2.49 bits per heavy atom. The van der Waals surface area contributed by atoms with Crippen LogP contribution in [0.5, 0.6) is 5.75 Å². The number of benzene rings is 2. The van der Waals surface area contributed by atoms with Gasteiger partial charge in [-0.15, -0.1) is 0 Å². The van der Waals surface area contributed by atoms with Crippen LogP contribution in [0.1, 0.15) is 11.6 Å². The largest absolute Gasteiger partial charge is 0.491 e. The van der Waals surface area contributed by atoms with Gasteiger partial charge in [0.05, 0.1) is 24.4 Å². The second-order valence-corrected chi connectivity index (χ2v) is 9.92. The Kier molecular flexibility index (Phi) is 6.81. The number of aliphatic hydroxyl groups is 1. The number of aromatic nitrogens is 3. The van der Waals surface area contributed by atoms with Crippen LogP contribution >= 0.6 is 0 Å². The molecule has 0 spiro atoms. The van der Waals surface area contributed by atoms with Gasteiger partial charge in [-0.05, 0) is 30.3 Å². The Morgan fingerprint density at radius 1 is 1.08 bits per heavy atom. The van der Waals surface area contributed by atoms with E-state index in [-0.39, 0.29) is 5.69 Å². The summed E-state index contributed by atoms with van der Waals surface area (Å²) in [6.45, 7) is 0. The first-order valence-corrected chi connectivity index (χ1v) is 12.2. The molecule has 4 aromatic rings. The van der Waals surface area contributed by atoms with Crippen molar-refractivity contribution in [2.24, 2.45) is 0 Å². The van der Waals surface area contributed by atoms with E-state index in [4.69, 9.17) is 0 Å². The molecule has 0 saturated carbocycles. The summed E-state index contributed by atoms with van der Waals surface area (Å²) >= 11 is 0. The first-order valence-electron chi connectivity index (χ1n) is 10.5. The lowest BCUT2D eigenvalue weighted by Gasteiger charge is -2.38. The maximum absolute atomic E-state index is 15.4. The number of aromatic amines is 1. The molecule has 2 aromatic carbocycles. The van der Waals surface area contributed by atoms with Gasteiger partial charge in [-0.2, -0.15) is 13.2 Å². The molecule has 14 heteroatoms. The number of rotatable bonds is 8. The molecule has 2 unspecified atom stereocenters. The highest BCUT2D eigenvalue weighted by Crippen LogP contribution is 2.46. The number of hydrogen-bond acceptors (Lipinski definition) is 7. The topological polar surface area (TPSA) is 117 Å². The summed E-state index contributed by atoms with van der Waals surface area (Å²) in [4.78, 5) is 9.77. The third kappa shape index (κ3) is 4.81. The number of nitrogens with one attached hydrogen (secondary N) is 2. The summed E-state index contributed by atoms with van der Waals surface area (Å²) in [5.41, 5.74) is -4.72. The Morgan fingerprint density at radius 2 is 1.84 bits per heavy atom. The molecule has 0 bridgehead atoms. The summed E-state index contributed by atoms with van der Waals surface area (Å²) in [6, 6.07) is 6.18. The van der Waals surface area contributed by atoms with E-state index in [1.807, 2.05) is 0 Å². The lowest BCUT2D eigenvalue weighted by molar-refractivity contribution is -0.257. The average Bonchev–Trinajstić information content (AvgIpc) is 3.39. The number of fused-ring (bicyclic) bond motifs is 1. The van der Waals surface area contributed by atoms with Crippen molar-refractivity contribution in [2.75, 3.05) is 18.2 Å². The molecule has 37 heavy (non-hydrogen) atoms. The zero-order valence-electron chi connectivity index (χ0n) is 18.9. The highest BCUT2D eigenvalue weighted by atomic mass is 32.2. The molecule has 2 atom stereocenters. The standard InChI is InChI=1S/C23H19F5N4O4S/c1-36-19-15(24)8-7-14(18(19)25)20(32-17-6-2-5-16-13(17)4-3-9-29-16)22(33,23(26,27)28)12-37(34,35)21-30-10-11-31-21/h2-11,20,32-33H,12H2,1H3,(H,30,31). The van der Waals surface area contributed by atoms with Gasteiger partial charge in [0.15, 0.2) is 23.0 Å². The van der Waals surface area contributed by atoms with Crippen LogP contribution in [0, 0.1) is 11.6 Å². The zero-order valence-corrected chi connectivity index (χ0v) is 19.7. The van der Waals surface area contributed by atoms with E-state index >= 15 is 4.39 Å². The number of alkyl halides is 3. The molecule has 8 nitrogen and oxygen atoms in total. The molecule has 3 N–H and O–H groups in total. The van der Waals surface area contributed by atoms with Crippen LogP contribution < -0.4 is 10.1 Å². The van der Waals surface area contributed by atoms with Crippen molar-refractivity contribution in [1.29, 1.82) is 0 Å². The molecule has 0 radical (unpaired) electrons. The predicted molar refractivity (Wildman–Crippen MR) is 123 cm³/mol. The molecule has 2 heterocycles. The first kappa shape index (κ1) is 26.3.